The number of aromatic amines is 1. The summed E-state index contributed by atoms with van der Waals surface area (Å²) in [6.07, 6.45) is 1.45. The summed E-state index contributed by atoms with van der Waals surface area (Å²) in [4.78, 5) is 6.50. The number of aromatic nitrogens is 2. The van der Waals surface area contributed by atoms with Crippen molar-refractivity contribution in [1.29, 1.82) is 0 Å². The van der Waals surface area contributed by atoms with Crippen LogP contribution in [0.2, 0.25) is 0 Å². The van der Waals surface area contributed by atoms with E-state index in [2.05, 4.69) is 9.97 Å². The third-order valence-electron chi connectivity index (χ3n) is 1.33. The highest BCUT2D eigenvalue weighted by Gasteiger charge is 2.05. The van der Waals surface area contributed by atoms with Crippen molar-refractivity contribution < 1.29 is 4.48 Å². The van der Waals surface area contributed by atoms with Gasteiger partial charge < -0.3 is 4.98 Å². The van der Waals surface area contributed by atoms with Crippen LogP contribution in [0.3, 0.4) is 0 Å². The molecule has 0 saturated heterocycles. The molecule has 0 aromatic carbocycles. The van der Waals surface area contributed by atoms with Crippen molar-refractivity contribution in [3.8, 4) is 0 Å². The maximum Gasteiger partial charge on any atom is 0.155 e. The van der Waals surface area contributed by atoms with Crippen molar-refractivity contribution in [3.63, 3.8) is 0 Å². The first-order valence-corrected chi connectivity index (χ1v) is 3.47. The molecule has 1 aromatic heterocycles. The number of halogens is 1. The Morgan fingerprint density at radius 3 is 2.73 bits per heavy atom. The Kier molecular flexibility index (Phi) is 2.19. The SMILES string of the molecule is Cc1[nH]cnc(=S)c1N(C)F. The lowest BCUT2D eigenvalue weighted by molar-refractivity contribution is 0.472. The highest BCUT2D eigenvalue weighted by molar-refractivity contribution is 7.71. The van der Waals surface area contributed by atoms with Crippen molar-refractivity contribution in [2.75, 3.05) is 12.2 Å². The van der Waals surface area contributed by atoms with Gasteiger partial charge in [0.25, 0.3) is 0 Å². The predicted molar refractivity (Wildman–Crippen MR) is 43.7 cm³/mol. The number of nitrogens with zero attached hydrogens (tertiary/aromatic N) is 2. The maximum absolute atomic E-state index is 12.7. The number of nitrogens with one attached hydrogen (secondary N) is 1. The van der Waals surface area contributed by atoms with E-state index >= 15 is 0 Å². The van der Waals surface area contributed by atoms with E-state index in [0.29, 0.717) is 16.5 Å². The zero-order chi connectivity index (χ0) is 8.43. The zero-order valence-corrected chi connectivity index (χ0v) is 7.07. The average molecular weight is 173 g/mol. The van der Waals surface area contributed by atoms with E-state index in [9.17, 15) is 4.48 Å². The second-order valence-corrected chi connectivity index (χ2v) is 2.55. The molecule has 0 amide bonds. The molecular weight excluding hydrogens is 165 g/mol. The van der Waals surface area contributed by atoms with E-state index in [-0.39, 0.29) is 4.64 Å². The van der Waals surface area contributed by atoms with Gasteiger partial charge in [0.05, 0.1) is 6.33 Å². The van der Waals surface area contributed by atoms with Gasteiger partial charge in [0.15, 0.2) is 4.64 Å². The van der Waals surface area contributed by atoms with Crippen molar-refractivity contribution in [2.45, 2.75) is 6.92 Å². The van der Waals surface area contributed by atoms with Crippen LogP contribution in [0.1, 0.15) is 5.69 Å². The number of hydrogen-bond acceptors (Lipinski definition) is 3. The molecule has 0 fully saturated rings. The minimum Gasteiger partial charge on any atom is -0.348 e. The fourth-order valence-electron chi connectivity index (χ4n) is 0.841. The summed E-state index contributed by atoms with van der Waals surface area (Å²) >= 11 is 4.80. The molecule has 1 N–H and O–H groups in total. The van der Waals surface area contributed by atoms with Crippen molar-refractivity contribution in [3.05, 3.63) is 16.7 Å². The highest BCUT2D eigenvalue weighted by Crippen LogP contribution is 2.16. The molecule has 0 radical (unpaired) electrons. The van der Waals surface area contributed by atoms with Gasteiger partial charge in [0, 0.05) is 12.7 Å². The molecule has 5 heteroatoms. The Bertz CT molecular complexity index is 307. The topological polar surface area (TPSA) is 31.9 Å². The summed E-state index contributed by atoms with van der Waals surface area (Å²) in [5.74, 6) is 0. The summed E-state index contributed by atoms with van der Waals surface area (Å²) in [6.45, 7) is 1.74. The second kappa shape index (κ2) is 2.96. The predicted octanol–water partition coefficient (Wildman–Crippen LogP) is 1.77. The summed E-state index contributed by atoms with van der Waals surface area (Å²) in [5.41, 5.74) is 0.998. The minimum absolute atomic E-state index is 0.270. The first-order chi connectivity index (χ1) is 5.13. The Balaban J connectivity index is 3.33. The molecule has 0 spiro atoms. The van der Waals surface area contributed by atoms with E-state index in [1.165, 1.54) is 13.4 Å². The van der Waals surface area contributed by atoms with Gasteiger partial charge in [-0.3, -0.25) is 0 Å². The molecule has 1 aromatic rings. The third kappa shape index (κ3) is 1.54. The van der Waals surface area contributed by atoms with Gasteiger partial charge in [0.1, 0.15) is 5.69 Å². The summed E-state index contributed by atoms with van der Waals surface area (Å²) in [7, 11) is 1.29. The van der Waals surface area contributed by atoms with Gasteiger partial charge in [-0.15, -0.1) is 4.48 Å². The summed E-state index contributed by atoms with van der Waals surface area (Å²) in [6, 6.07) is 0. The Morgan fingerprint density at radius 1 is 1.73 bits per heavy atom. The van der Waals surface area contributed by atoms with Gasteiger partial charge in [-0.2, -0.15) is 0 Å². The number of aryl methyl sites for hydroxylation is 1. The normalized spacial score (nSPS) is 9.73. The molecule has 0 saturated carbocycles. The van der Waals surface area contributed by atoms with Crippen molar-refractivity contribution in [1.82, 2.24) is 9.97 Å². The largest absolute Gasteiger partial charge is 0.348 e. The van der Waals surface area contributed by atoms with Gasteiger partial charge in [-0.25, -0.2) is 10.1 Å². The molecule has 0 aliphatic rings. The fraction of sp³-hybridized carbons (Fsp3) is 0.333. The van der Waals surface area contributed by atoms with E-state index in [1.54, 1.807) is 6.92 Å². The first kappa shape index (κ1) is 8.13. The fourth-order valence-corrected chi connectivity index (χ4v) is 1.17. The quantitative estimate of drug-likeness (QED) is 0.519. The van der Waals surface area contributed by atoms with Crippen LogP contribution in [-0.2, 0) is 0 Å². The molecule has 0 unspecified atom stereocenters. The molecule has 0 bridgehead atoms. The van der Waals surface area contributed by atoms with Gasteiger partial charge in [-0.1, -0.05) is 12.2 Å². The molecule has 1 rings (SSSR count). The number of H-pyrrole nitrogens is 1. The second-order valence-electron chi connectivity index (χ2n) is 2.16. The number of rotatable bonds is 1. The monoisotopic (exact) mass is 173 g/mol. The summed E-state index contributed by atoms with van der Waals surface area (Å²) in [5, 5.41) is 0.459. The standard InChI is InChI=1S/C6H8FN3S/c1-4-5(10(2)7)6(11)9-3-8-4/h3H,1-2H3,(H,8,9,11). The molecule has 3 nitrogen and oxygen atoms in total. The van der Waals surface area contributed by atoms with Crippen molar-refractivity contribution in [2.24, 2.45) is 0 Å². The van der Waals surface area contributed by atoms with Gasteiger partial charge in [0.2, 0.25) is 0 Å². The molecule has 0 aliphatic carbocycles. The van der Waals surface area contributed by atoms with E-state index in [0.717, 1.165) is 0 Å². The molecular formula is C6H8FN3S. The first-order valence-electron chi connectivity index (χ1n) is 3.06. The number of anilines is 1. The van der Waals surface area contributed by atoms with Crippen LogP contribution < -0.4 is 5.12 Å². The van der Waals surface area contributed by atoms with Gasteiger partial charge >= 0.3 is 0 Å². The highest BCUT2D eigenvalue weighted by atomic mass is 32.1. The van der Waals surface area contributed by atoms with Crippen molar-refractivity contribution >= 4 is 17.9 Å². The Labute approximate surface area is 68.8 Å². The molecule has 60 valence electrons. The lowest BCUT2D eigenvalue weighted by atomic mass is 10.4. The van der Waals surface area contributed by atoms with Crippen LogP contribution in [0.15, 0.2) is 6.33 Å². The molecule has 1 heterocycles. The Morgan fingerprint density at radius 2 is 2.36 bits per heavy atom. The molecule has 0 aliphatic heterocycles. The minimum atomic E-state index is 0.270. The average Bonchev–Trinajstić information content (AvgIpc) is 1.85. The van der Waals surface area contributed by atoms with Crippen LogP contribution in [0.5, 0.6) is 0 Å². The van der Waals surface area contributed by atoms with E-state index in [4.69, 9.17) is 12.2 Å². The zero-order valence-electron chi connectivity index (χ0n) is 6.26. The van der Waals surface area contributed by atoms with Gasteiger partial charge in [-0.05, 0) is 6.92 Å². The Hall–Kier alpha value is -0.970. The smallest absolute Gasteiger partial charge is 0.155 e. The lowest BCUT2D eigenvalue weighted by Crippen LogP contribution is -2.06. The van der Waals surface area contributed by atoms with Crippen LogP contribution >= 0.6 is 12.2 Å². The maximum atomic E-state index is 12.7. The van der Waals surface area contributed by atoms with E-state index in [1.807, 2.05) is 0 Å². The van der Waals surface area contributed by atoms with E-state index < -0.39 is 0 Å². The van der Waals surface area contributed by atoms with Crippen LogP contribution in [0.4, 0.5) is 10.2 Å². The summed E-state index contributed by atoms with van der Waals surface area (Å²) < 4.78 is 12.9. The van der Waals surface area contributed by atoms with Crippen LogP contribution in [-0.4, -0.2) is 17.0 Å². The third-order valence-corrected chi connectivity index (χ3v) is 1.63. The molecule has 11 heavy (non-hydrogen) atoms. The lowest BCUT2D eigenvalue weighted by Gasteiger charge is -2.08. The van der Waals surface area contributed by atoms with Crippen LogP contribution in [0.25, 0.3) is 0 Å². The van der Waals surface area contributed by atoms with Crippen LogP contribution in [0, 0.1) is 11.6 Å². The number of hydrogen-bond donors (Lipinski definition) is 1. The molecule has 0 atom stereocenters.